The van der Waals surface area contributed by atoms with Crippen LogP contribution in [0.2, 0.25) is 0 Å². The topological polar surface area (TPSA) is 86.6 Å². The van der Waals surface area contributed by atoms with Crippen LogP contribution < -0.4 is 5.32 Å². The van der Waals surface area contributed by atoms with Crippen molar-refractivity contribution in [2.45, 2.75) is 45.1 Å². The normalized spacial score (nSPS) is 22.3. The third-order valence-corrected chi connectivity index (χ3v) is 4.05. The van der Waals surface area contributed by atoms with Gasteiger partial charge in [-0.05, 0) is 37.5 Å². The molecule has 1 aliphatic rings. The monoisotopic (exact) mass is 291 g/mol. The zero-order valence-corrected chi connectivity index (χ0v) is 12.1. The standard InChI is InChI=1S/C16H21NO4/c1-10-7-8-12(14(18)9-10)15(19)17-13-6-4-2-3-5-11(13)16(20)21/h7-9,11,13,18H,2-6H2,1H3,(H,17,19)(H,20,21)/t11-,13+/m1/s1. The molecule has 0 unspecified atom stereocenters. The van der Waals surface area contributed by atoms with Crippen LogP contribution in [0.5, 0.6) is 5.75 Å². The van der Waals surface area contributed by atoms with Crippen molar-refractivity contribution in [3.63, 3.8) is 0 Å². The number of carboxylic acids is 1. The Morgan fingerprint density at radius 3 is 2.57 bits per heavy atom. The molecule has 2 atom stereocenters. The Morgan fingerprint density at radius 1 is 1.19 bits per heavy atom. The van der Waals surface area contributed by atoms with Crippen molar-refractivity contribution in [3.05, 3.63) is 29.3 Å². The van der Waals surface area contributed by atoms with E-state index in [-0.39, 0.29) is 17.4 Å². The zero-order valence-electron chi connectivity index (χ0n) is 12.1. The minimum Gasteiger partial charge on any atom is -0.507 e. The number of phenolic OH excluding ortho intramolecular Hbond substituents is 1. The zero-order chi connectivity index (χ0) is 15.4. The number of nitrogens with one attached hydrogen (secondary N) is 1. The predicted octanol–water partition coefficient (Wildman–Crippen LogP) is 2.46. The molecule has 0 aromatic heterocycles. The van der Waals surface area contributed by atoms with Crippen LogP contribution in [-0.4, -0.2) is 28.1 Å². The summed E-state index contributed by atoms with van der Waals surface area (Å²) in [5.41, 5.74) is 1.05. The number of carboxylic acid groups (broad SMARTS) is 1. The third kappa shape index (κ3) is 3.74. The van der Waals surface area contributed by atoms with Gasteiger partial charge in [-0.25, -0.2) is 0 Å². The number of hydrogen-bond acceptors (Lipinski definition) is 3. The first-order valence-electron chi connectivity index (χ1n) is 7.32. The van der Waals surface area contributed by atoms with Gasteiger partial charge in [0.1, 0.15) is 5.75 Å². The lowest BCUT2D eigenvalue weighted by Gasteiger charge is -2.23. The van der Waals surface area contributed by atoms with Crippen LogP contribution in [0, 0.1) is 12.8 Å². The van der Waals surface area contributed by atoms with Crippen LogP contribution in [0.15, 0.2) is 18.2 Å². The maximum atomic E-state index is 12.3. The Balaban J connectivity index is 2.14. The number of benzene rings is 1. The highest BCUT2D eigenvalue weighted by Gasteiger charge is 2.31. The molecule has 3 N–H and O–H groups in total. The van der Waals surface area contributed by atoms with Crippen molar-refractivity contribution < 1.29 is 19.8 Å². The van der Waals surface area contributed by atoms with Crippen molar-refractivity contribution in [1.29, 1.82) is 0 Å². The van der Waals surface area contributed by atoms with Crippen LogP contribution in [0.25, 0.3) is 0 Å². The molecule has 114 valence electrons. The second kappa shape index (κ2) is 6.61. The molecule has 0 spiro atoms. The number of aromatic hydroxyl groups is 1. The molecule has 0 saturated heterocycles. The number of rotatable bonds is 3. The van der Waals surface area contributed by atoms with Gasteiger partial charge in [0.25, 0.3) is 5.91 Å². The summed E-state index contributed by atoms with van der Waals surface area (Å²) in [6.45, 7) is 1.83. The highest BCUT2D eigenvalue weighted by atomic mass is 16.4. The molecule has 0 heterocycles. The average molecular weight is 291 g/mol. The highest BCUT2D eigenvalue weighted by Crippen LogP contribution is 2.25. The average Bonchev–Trinajstić information content (AvgIpc) is 2.63. The van der Waals surface area contributed by atoms with Gasteiger partial charge < -0.3 is 15.5 Å². The Morgan fingerprint density at radius 2 is 1.90 bits per heavy atom. The SMILES string of the molecule is Cc1ccc(C(=O)N[C@H]2CCCCC[C@H]2C(=O)O)c(O)c1. The number of carbonyl (C=O) groups excluding carboxylic acids is 1. The molecular weight excluding hydrogens is 270 g/mol. The van der Waals surface area contributed by atoms with Crippen molar-refractivity contribution in [3.8, 4) is 5.75 Å². The summed E-state index contributed by atoms with van der Waals surface area (Å²) >= 11 is 0. The molecule has 1 aromatic carbocycles. The Labute approximate surface area is 124 Å². The van der Waals surface area contributed by atoms with E-state index < -0.39 is 17.8 Å². The van der Waals surface area contributed by atoms with Gasteiger partial charge in [-0.15, -0.1) is 0 Å². The summed E-state index contributed by atoms with van der Waals surface area (Å²) in [7, 11) is 0. The molecule has 1 aromatic rings. The number of aliphatic carboxylic acids is 1. The van der Waals surface area contributed by atoms with Crippen LogP contribution >= 0.6 is 0 Å². The van der Waals surface area contributed by atoms with Crippen LogP contribution in [0.3, 0.4) is 0 Å². The largest absolute Gasteiger partial charge is 0.507 e. The summed E-state index contributed by atoms with van der Waals surface area (Å²) in [4.78, 5) is 23.6. The fraction of sp³-hybridized carbons (Fsp3) is 0.500. The molecule has 0 radical (unpaired) electrons. The van der Waals surface area contributed by atoms with Gasteiger partial charge in [-0.3, -0.25) is 9.59 Å². The Bertz CT molecular complexity index is 541. The molecule has 2 rings (SSSR count). The molecule has 1 fully saturated rings. The summed E-state index contributed by atoms with van der Waals surface area (Å²) < 4.78 is 0. The van der Waals surface area contributed by atoms with Gasteiger partial charge in [0, 0.05) is 6.04 Å². The second-order valence-corrected chi connectivity index (χ2v) is 5.68. The van der Waals surface area contributed by atoms with Crippen molar-refractivity contribution in [1.82, 2.24) is 5.32 Å². The minimum atomic E-state index is -0.865. The Hall–Kier alpha value is -2.04. The van der Waals surface area contributed by atoms with Crippen molar-refractivity contribution >= 4 is 11.9 Å². The van der Waals surface area contributed by atoms with Gasteiger partial charge in [0.15, 0.2) is 0 Å². The third-order valence-electron chi connectivity index (χ3n) is 4.05. The lowest BCUT2D eigenvalue weighted by molar-refractivity contribution is -0.142. The number of aryl methyl sites for hydroxylation is 1. The summed E-state index contributed by atoms with van der Waals surface area (Å²) in [6, 6.07) is 4.46. The smallest absolute Gasteiger partial charge is 0.308 e. The maximum absolute atomic E-state index is 12.3. The summed E-state index contributed by atoms with van der Waals surface area (Å²) in [5, 5.41) is 21.9. The number of hydrogen-bond donors (Lipinski definition) is 3. The predicted molar refractivity (Wildman–Crippen MR) is 78.3 cm³/mol. The maximum Gasteiger partial charge on any atom is 0.308 e. The van der Waals surface area contributed by atoms with E-state index in [1.165, 1.54) is 6.07 Å². The van der Waals surface area contributed by atoms with Gasteiger partial charge in [0.2, 0.25) is 0 Å². The first-order chi connectivity index (χ1) is 9.99. The molecule has 0 bridgehead atoms. The molecule has 1 aliphatic carbocycles. The van der Waals surface area contributed by atoms with E-state index in [4.69, 9.17) is 0 Å². The second-order valence-electron chi connectivity index (χ2n) is 5.68. The van der Waals surface area contributed by atoms with Crippen molar-refractivity contribution in [2.24, 2.45) is 5.92 Å². The minimum absolute atomic E-state index is 0.0759. The lowest BCUT2D eigenvalue weighted by atomic mass is 9.94. The molecule has 1 saturated carbocycles. The molecule has 21 heavy (non-hydrogen) atoms. The number of phenols is 1. The van der Waals surface area contributed by atoms with Crippen LogP contribution in [0.1, 0.15) is 48.0 Å². The Kier molecular flexibility index (Phi) is 4.83. The fourth-order valence-electron chi connectivity index (χ4n) is 2.86. The van der Waals surface area contributed by atoms with Gasteiger partial charge >= 0.3 is 5.97 Å². The summed E-state index contributed by atoms with van der Waals surface area (Å²) in [5.74, 6) is -1.90. The highest BCUT2D eigenvalue weighted by molar-refractivity contribution is 5.97. The molecular formula is C16H21NO4. The molecule has 0 aliphatic heterocycles. The van der Waals surface area contributed by atoms with E-state index in [1.54, 1.807) is 12.1 Å². The number of carbonyl (C=O) groups is 2. The molecule has 5 nitrogen and oxygen atoms in total. The lowest BCUT2D eigenvalue weighted by Crippen LogP contribution is -2.42. The van der Waals surface area contributed by atoms with Gasteiger partial charge in [-0.1, -0.05) is 25.3 Å². The molecule has 1 amide bonds. The van der Waals surface area contributed by atoms with E-state index in [0.717, 1.165) is 24.8 Å². The van der Waals surface area contributed by atoms with Gasteiger partial charge in [0.05, 0.1) is 11.5 Å². The first-order valence-corrected chi connectivity index (χ1v) is 7.32. The summed E-state index contributed by atoms with van der Waals surface area (Å²) in [6.07, 6.45) is 4.02. The van der Waals surface area contributed by atoms with E-state index in [9.17, 15) is 19.8 Å². The van der Waals surface area contributed by atoms with Crippen LogP contribution in [0.4, 0.5) is 0 Å². The van der Waals surface area contributed by atoms with E-state index in [1.807, 2.05) is 6.92 Å². The first kappa shape index (κ1) is 15.4. The van der Waals surface area contributed by atoms with E-state index in [0.29, 0.717) is 12.8 Å². The quantitative estimate of drug-likeness (QED) is 0.747. The van der Waals surface area contributed by atoms with Crippen LogP contribution in [-0.2, 0) is 4.79 Å². The van der Waals surface area contributed by atoms with E-state index in [2.05, 4.69) is 5.32 Å². The fourth-order valence-corrected chi connectivity index (χ4v) is 2.86. The molecule has 5 heteroatoms. The number of amides is 1. The van der Waals surface area contributed by atoms with Gasteiger partial charge in [-0.2, -0.15) is 0 Å². The van der Waals surface area contributed by atoms with E-state index >= 15 is 0 Å². The van der Waals surface area contributed by atoms with Crippen molar-refractivity contribution in [2.75, 3.05) is 0 Å².